The molecule has 4 nitrogen and oxygen atoms in total. The third-order valence-electron chi connectivity index (χ3n) is 4.64. The van der Waals surface area contributed by atoms with Gasteiger partial charge in [0.1, 0.15) is 4.91 Å². The maximum atomic E-state index is 13.1. The van der Waals surface area contributed by atoms with Gasteiger partial charge in [-0.05, 0) is 53.6 Å². The third-order valence-corrected chi connectivity index (χ3v) is 6.24. The van der Waals surface area contributed by atoms with Crippen molar-refractivity contribution in [2.24, 2.45) is 0 Å². The molecule has 1 unspecified atom stereocenters. The number of benzene rings is 2. The molecule has 0 amide bonds. The van der Waals surface area contributed by atoms with Crippen molar-refractivity contribution in [2.75, 3.05) is 11.4 Å². The molecule has 2 aromatic carbocycles. The summed E-state index contributed by atoms with van der Waals surface area (Å²) >= 11 is 6.04. The molecule has 30 heavy (non-hydrogen) atoms. The van der Waals surface area contributed by atoms with Crippen molar-refractivity contribution in [3.8, 4) is 11.8 Å². The van der Waals surface area contributed by atoms with Crippen LogP contribution in [0.15, 0.2) is 71.9 Å². The highest BCUT2D eigenvalue weighted by atomic mass is 35.5. The lowest BCUT2D eigenvalue weighted by Crippen LogP contribution is -2.31. The summed E-state index contributed by atoms with van der Waals surface area (Å²) in [5.74, 6) is 5.95. The number of ketones is 1. The van der Waals surface area contributed by atoms with E-state index in [-0.39, 0.29) is 10.7 Å². The van der Waals surface area contributed by atoms with E-state index < -0.39 is 11.0 Å². The van der Waals surface area contributed by atoms with Crippen LogP contribution >= 0.6 is 11.6 Å². The number of fused-ring (bicyclic) bond motifs is 1. The van der Waals surface area contributed by atoms with Crippen LogP contribution in [0.2, 0.25) is 5.02 Å². The van der Waals surface area contributed by atoms with Crippen molar-refractivity contribution < 1.29 is 9.00 Å². The molecular weight excluding hydrogens is 416 g/mol. The fraction of sp³-hybridized carbons (Fsp3) is 0.0833. The van der Waals surface area contributed by atoms with Crippen LogP contribution in [0.25, 0.3) is 6.08 Å². The van der Waals surface area contributed by atoms with Crippen LogP contribution < -0.4 is 4.31 Å². The lowest BCUT2D eigenvalue weighted by Gasteiger charge is -2.27. The van der Waals surface area contributed by atoms with Crippen LogP contribution in [0, 0.1) is 11.8 Å². The topological polar surface area (TPSA) is 50.3 Å². The van der Waals surface area contributed by atoms with Gasteiger partial charge in [0.2, 0.25) is 5.78 Å². The summed E-state index contributed by atoms with van der Waals surface area (Å²) < 4.78 is 14.5. The summed E-state index contributed by atoms with van der Waals surface area (Å²) in [4.78, 5) is 17.4. The Morgan fingerprint density at radius 2 is 2.03 bits per heavy atom. The van der Waals surface area contributed by atoms with Crippen LogP contribution in [0.1, 0.15) is 27.0 Å². The van der Waals surface area contributed by atoms with Crippen molar-refractivity contribution in [1.29, 1.82) is 0 Å². The van der Waals surface area contributed by atoms with E-state index in [2.05, 4.69) is 16.8 Å². The predicted molar refractivity (Wildman–Crippen MR) is 122 cm³/mol. The number of allylic oxidation sites excluding steroid dienone is 1. The Morgan fingerprint density at radius 3 is 2.80 bits per heavy atom. The number of hydrogen-bond acceptors (Lipinski definition) is 3. The number of Topliss-reactive ketones (excluding diaryl/α,β-unsaturated/α-hetero) is 1. The minimum absolute atomic E-state index is 0.215. The molecule has 4 rings (SSSR count). The lowest BCUT2D eigenvalue weighted by molar-refractivity contribution is 0.104. The summed E-state index contributed by atoms with van der Waals surface area (Å²) in [6.07, 6.45) is 5.70. The van der Waals surface area contributed by atoms with E-state index >= 15 is 0 Å². The summed E-state index contributed by atoms with van der Waals surface area (Å²) in [5.41, 5.74) is 3.59. The number of anilines is 1. The molecule has 0 saturated heterocycles. The van der Waals surface area contributed by atoms with Crippen LogP contribution in [0.3, 0.4) is 0 Å². The van der Waals surface area contributed by atoms with Gasteiger partial charge in [-0.2, -0.15) is 0 Å². The van der Waals surface area contributed by atoms with Gasteiger partial charge < -0.3 is 0 Å². The smallest absolute Gasteiger partial charge is 0.205 e. The van der Waals surface area contributed by atoms with E-state index in [1.54, 1.807) is 60.2 Å². The van der Waals surface area contributed by atoms with Gasteiger partial charge in [0.25, 0.3) is 0 Å². The van der Waals surface area contributed by atoms with Gasteiger partial charge in [0.05, 0.1) is 5.69 Å². The molecule has 1 aliphatic heterocycles. The first-order chi connectivity index (χ1) is 14.5. The number of carbonyl (C=O) groups is 1. The van der Waals surface area contributed by atoms with Gasteiger partial charge >= 0.3 is 0 Å². The van der Waals surface area contributed by atoms with Crippen LogP contribution in [0.4, 0.5) is 5.69 Å². The van der Waals surface area contributed by atoms with Gasteiger partial charge in [0, 0.05) is 42.0 Å². The van der Waals surface area contributed by atoms with E-state index in [1.807, 2.05) is 24.3 Å². The molecule has 0 saturated carbocycles. The first-order valence-electron chi connectivity index (χ1n) is 9.22. The second-order valence-corrected chi connectivity index (χ2v) is 8.63. The molecule has 0 aliphatic carbocycles. The minimum atomic E-state index is -1.60. The SMILES string of the molecule is CN1c2ccc(C#CCc3cccnc3)cc2C(=O)/C(=C\c2cccc(Cl)c2)S1=O. The molecule has 6 heteroatoms. The standard InChI is InChI=1S/C24H17ClN2O2S/c1-27-22-11-10-17(5-2-6-18-8-4-12-26-16-18)14-21(22)24(28)23(30(27)29)15-19-7-3-9-20(25)13-19/h3-4,7-16H,6H2,1H3/b23-15+. The molecule has 0 radical (unpaired) electrons. The van der Waals surface area contributed by atoms with E-state index in [1.165, 1.54) is 0 Å². The molecule has 0 bridgehead atoms. The minimum Gasteiger partial charge on any atom is -0.290 e. The Balaban J connectivity index is 1.67. The number of halogens is 1. The predicted octanol–water partition coefficient (Wildman–Crippen LogP) is 4.67. The van der Waals surface area contributed by atoms with Crippen molar-refractivity contribution in [2.45, 2.75) is 6.42 Å². The second-order valence-electron chi connectivity index (χ2n) is 6.71. The summed E-state index contributed by atoms with van der Waals surface area (Å²) in [7, 11) is 0.110. The van der Waals surface area contributed by atoms with Crippen molar-refractivity contribution in [3.05, 3.63) is 99.2 Å². The number of hydrogen-bond donors (Lipinski definition) is 0. The molecule has 1 aliphatic rings. The zero-order valence-corrected chi connectivity index (χ0v) is 17.7. The first-order valence-corrected chi connectivity index (χ1v) is 10.7. The van der Waals surface area contributed by atoms with Crippen molar-refractivity contribution in [3.63, 3.8) is 0 Å². The van der Waals surface area contributed by atoms with Crippen molar-refractivity contribution in [1.82, 2.24) is 4.98 Å². The molecular formula is C24H17ClN2O2S. The number of carbonyl (C=O) groups excluding carboxylic acids is 1. The third kappa shape index (κ3) is 4.20. The Morgan fingerprint density at radius 1 is 1.17 bits per heavy atom. The molecule has 0 spiro atoms. The molecule has 1 aromatic heterocycles. The van der Waals surface area contributed by atoms with Crippen molar-refractivity contribution >= 4 is 40.1 Å². The molecule has 3 aromatic rings. The van der Waals surface area contributed by atoms with Gasteiger partial charge in [-0.3, -0.25) is 14.1 Å². The Bertz CT molecular complexity index is 1240. The monoisotopic (exact) mass is 432 g/mol. The highest BCUT2D eigenvalue weighted by molar-refractivity contribution is 7.91. The molecule has 2 heterocycles. The van der Waals surface area contributed by atoms with E-state index in [9.17, 15) is 9.00 Å². The highest BCUT2D eigenvalue weighted by Crippen LogP contribution is 2.33. The van der Waals surface area contributed by atoms with Gasteiger partial charge in [-0.15, -0.1) is 0 Å². The first kappa shape index (κ1) is 20.1. The normalized spacial score (nSPS) is 16.7. The fourth-order valence-corrected chi connectivity index (χ4v) is 4.47. The number of pyridine rings is 1. The van der Waals surface area contributed by atoms with Gasteiger partial charge in [-0.25, -0.2) is 4.21 Å². The lowest BCUT2D eigenvalue weighted by atomic mass is 10.0. The van der Waals surface area contributed by atoms with Gasteiger partial charge in [-0.1, -0.05) is 41.6 Å². The largest absolute Gasteiger partial charge is 0.290 e. The quantitative estimate of drug-likeness (QED) is 0.437. The molecule has 0 N–H and O–H groups in total. The number of aromatic nitrogens is 1. The van der Waals surface area contributed by atoms with E-state index in [0.29, 0.717) is 22.7 Å². The number of nitrogens with zero attached hydrogens (tertiary/aromatic N) is 2. The highest BCUT2D eigenvalue weighted by Gasteiger charge is 2.31. The van der Waals surface area contributed by atoms with Crippen LogP contribution in [0.5, 0.6) is 0 Å². The van der Waals surface area contributed by atoms with Crippen LogP contribution in [-0.2, 0) is 17.4 Å². The van der Waals surface area contributed by atoms with Gasteiger partial charge in [0.15, 0.2) is 11.0 Å². The fourth-order valence-electron chi connectivity index (χ4n) is 3.13. The molecule has 148 valence electrons. The Labute approximate surface area is 182 Å². The van der Waals surface area contributed by atoms with E-state index in [0.717, 1.165) is 16.7 Å². The number of rotatable bonds is 2. The summed E-state index contributed by atoms with van der Waals surface area (Å²) in [6, 6.07) is 16.3. The zero-order chi connectivity index (χ0) is 21.1. The van der Waals surface area contributed by atoms with Crippen LogP contribution in [-0.4, -0.2) is 22.0 Å². The second kappa shape index (κ2) is 8.66. The van der Waals surface area contributed by atoms with E-state index in [4.69, 9.17) is 11.6 Å². The average Bonchev–Trinajstić information content (AvgIpc) is 2.76. The zero-order valence-electron chi connectivity index (χ0n) is 16.1. The Hall–Kier alpha value is -3.20. The maximum Gasteiger partial charge on any atom is 0.205 e. The average molecular weight is 433 g/mol. The maximum absolute atomic E-state index is 13.1. The molecule has 0 fully saturated rings. The molecule has 1 atom stereocenters. The Kier molecular flexibility index (Phi) is 5.80. The summed E-state index contributed by atoms with van der Waals surface area (Å²) in [6.45, 7) is 0. The summed E-state index contributed by atoms with van der Waals surface area (Å²) in [5, 5.41) is 0.554.